The third-order valence-electron chi connectivity index (χ3n) is 4.21. The summed E-state index contributed by atoms with van der Waals surface area (Å²) in [7, 11) is 0. The van der Waals surface area contributed by atoms with Gasteiger partial charge in [-0.2, -0.15) is 0 Å². The van der Waals surface area contributed by atoms with E-state index in [-0.39, 0.29) is 12.1 Å². The van der Waals surface area contributed by atoms with E-state index < -0.39 is 5.60 Å². The quantitative estimate of drug-likeness (QED) is 0.221. The van der Waals surface area contributed by atoms with Crippen LogP contribution in [-0.4, -0.2) is 29.4 Å². The van der Waals surface area contributed by atoms with Crippen LogP contribution in [-0.2, 0) is 14.3 Å². The molecule has 0 aliphatic heterocycles. The first-order chi connectivity index (χ1) is 10.9. The number of ether oxygens (including phenoxy) is 2. The molecule has 0 aromatic heterocycles. The van der Waals surface area contributed by atoms with E-state index in [1.165, 1.54) is 0 Å². The van der Waals surface area contributed by atoms with Gasteiger partial charge in [0.05, 0.1) is 12.2 Å². The van der Waals surface area contributed by atoms with Crippen molar-refractivity contribution in [3.05, 3.63) is 25.0 Å². The monoisotopic (exact) mass is 326 g/mol. The van der Waals surface area contributed by atoms with Gasteiger partial charge in [0.25, 0.3) is 0 Å². The van der Waals surface area contributed by atoms with Crippen LogP contribution < -0.4 is 0 Å². The molecule has 1 atom stereocenters. The highest BCUT2D eigenvalue weighted by Crippen LogP contribution is 2.22. The van der Waals surface area contributed by atoms with Crippen LogP contribution in [0.4, 0.5) is 0 Å². The maximum Gasteiger partial charge on any atom is 0.306 e. The van der Waals surface area contributed by atoms with Crippen LogP contribution >= 0.6 is 0 Å². The van der Waals surface area contributed by atoms with E-state index in [0.717, 1.165) is 38.5 Å². The van der Waals surface area contributed by atoms with Gasteiger partial charge in [-0.3, -0.25) is 4.79 Å². The largest absolute Gasteiger partial charge is 0.494 e. The molecule has 0 rings (SSSR count). The third-order valence-corrected chi connectivity index (χ3v) is 4.21. The highest BCUT2D eigenvalue weighted by molar-refractivity contribution is 5.69. The van der Waals surface area contributed by atoms with Gasteiger partial charge in [0.1, 0.15) is 11.9 Å². The number of hydrogen-bond acceptors (Lipinski definition) is 4. The molecule has 0 heterocycles. The van der Waals surface area contributed by atoms with Crippen molar-refractivity contribution in [2.75, 3.05) is 6.61 Å². The second kappa shape index (κ2) is 12.2. The number of hydrogen-bond donors (Lipinski definition) is 1. The number of carbonyl (C=O) groups is 1. The minimum atomic E-state index is -0.537. The first-order valence-corrected chi connectivity index (χ1v) is 8.72. The van der Waals surface area contributed by atoms with Crippen LogP contribution in [0.2, 0.25) is 0 Å². The summed E-state index contributed by atoms with van der Waals surface area (Å²) in [4.78, 5) is 11.7. The molecule has 1 unspecified atom stereocenters. The Hall–Kier alpha value is -1.29. The van der Waals surface area contributed by atoms with Crippen molar-refractivity contribution in [1.82, 2.24) is 0 Å². The molecule has 0 fully saturated rings. The van der Waals surface area contributed by atoms with Crippen LogP contribution in [0.5, 0.6) is 0 Å². The maximum atomic E-state index is 11.7. The Labute approximate surface area is 141 Å². The fourth-order valence-electron chi connectivity index (χ4n) is 2.26. The molecule has 0 saturated heterocycles. The van der Waals surface area contributed by atoms with Crippen molar-refractivity contribution in [3.63, 3.8) is 0 Å². The molecular formula is C19H34O4. The van der Waals surface area contributed by atoms with E-state index in [9.17, 15) is 9.90 Å². The summed E-state index contributed by atoms with van der Waals surface area (Å²) in [6, 6.07) is 0. The first-order valence-electron chi connectivity index (χ1n) is 8.72. The summed E-state index contributed by atoms with van der Waals surface area (Å²) < 4.78 is 10.6. The van der Waals surface area contributed by atoms with Crippen LogP contribution in [0, 0.1) is 0 Å². The van der Waals surface area contributed by atoms with E-state index in [1.807, 2.05) is 20.8 Å². The lowest BCUT2D eigenvalue weighted by molar-refractivity contribution is -0.149. The van der Waals surface area contributed by atoms with E-state index in [0.29, 0.717) is 25.2 Å². The van der Waals surface area contributed by atoms with Crippen LogP contribution in [0.25, 0.3) is 0 Å². The summed E-state index contributed by atoms with van der Waals surface area (Å²) in [5.74, 6) is 0.365. The van der Waals surface area contributed by atoms with Crippen molar-refractivity contribution in [2.24, 2.45) is 0 Å². The molecule has 0 saturated carbocycles. The second-order valence-corrected chi connectivity index (χ2v) is 6.10. The molecule has 0 spiro atoms. The van der Waals surface area contributed by atoms with Crippen LogP contribution in [0.1, 0.15) is 72.1 Å². The zero-order chi connectivity index (χ0) is 17.7. The highest BCUT2D eigenvalue weighted by atomic mass is 16.5. The second-order valence-electron chi connectivity index (χ2n) is 6.10. The molecule has 4 heteroatoms. The number of esters is 1. The van der Waals surface area contributed by atoms with Crippen molar-refractivity contribution >= 4 is 5.97 Å². The van der Waals surface area contributed by atoms with Gasteiger partial charge >= 0.3 is 5.97 Å². The Morgan fingerprint density at radius 2 is 1.91 bits per heavy atom. The summed E-state index contributed by atoms with van der Waals surface area (Å²) in [5, 5.41) is 10.2. The minimum absolute atomic E-state index is 0.162. The Morgan fingerprint density at radius 1 is 1.26 bits per heavy atom. The Bertz CT molecular complexity index is 358. The van der Waals surface area contributed by atoms with Gasteiger partial charge in [0.2, 0.25) is 0 Å². The maximum absolute atomic E-state index is 11.7. The molecule has 0 radical (unpaired) electrons. The fourth-order valence-corrected chi connectivity index (χ4v) is 2.26. The zero-order valence-corrected chi connectivity index (χ0v) is 15.1. The summed E-state index contributed by atoms with van der Waals surface area (Å²) in [6.45, 7) is 13.6. The van der Waals surface area contributed by atoms with E-state index in [2.05, 4.69) is 13.2 Å². The summed E-state index contributed by atoms with van der Waals surface area (Å²) in [5.41, 5.74) is -0.537. The molecule has 0 bridgehead atoms. The molecule has 4 nitrogen and oxygen atoms in total. The third kappa shape index (κ3) is 11.0. The lowest BCUT2D eigenvalue weighted by atomic mass is 9.91. The number of aliphatic hydroxyl groups is 1. The van der Waals surface area contributed by atoms with Crippen LogP contribution in [0.15, 0.2) is 25.0 Å². The average molecular weight is 326 g/mol. The molecule has 0 aliphatic carbocycles. The van der Waals surface area contributed by atoms with Gasteiger partial charge < -0.3 is 14.6 Å². The first kappa shape index (κ1) is 21.7. The zero-order valence-electron chi connectivity index (χ0n) is 15.1. The molecular weight excluding hydrogens is 292 g/mol. The predicted molar refractivity (Wildman–Crippen MR) is 94.1 cm³/mol. The van der Waals surface area contributed by atoms with Crippen molar-refractivity contribution < 1.29 is 19.4 Å². The summed E-state index contributed by atoms with van der Waals surface area (Å²) in [6.07, 6.45) is 7.51. The number of carbonyl (C=O) groups excluding carboxylic acids is 1. The Balaban J connectivity index is 3.70. The lowest BCUT2D eigenvalue weighted by Gasteiger charge is -2.24. The molecule has 0 amide bonds. The standard InChI is InChI=1S/C19H34O4/c1-6-16(4)22-15-13-17(5)23-18(20)12-10-9-11-14-19(21,7-2)8-3/h6,17,21H,1,4,7-15H2,2-3,5H3. The van der Waals surface area contributed by atoms with Gasteiger partial charge in [-0.05, 0) is 38.7 Å². The van der Waals surface area contributed by atoms with Crippen molar-refractivity contribution in [2.45, 2.75) is 83.8 Å². The van der Waals surface area contributed by atoms with E-state index >= 15 is 0 Å². The van der Waals surface area contributed by atoms with E-state index in [1.54, 1.807) is 6.08 Å². The molecule has 0 aromatic rings. The van der Waals surface area contributed by atoms with Gasteiger partial charge in [0.15, 0.2) is 0 Å². The smallest absolute Gasteiger partial charge is 0.306 e. The fraction of sp³-hybridized carbons (Fsp3) is 0.737. The molecule has 0 aliphatic rings. The van der Waals surface area contributed by atoms with Gasteiger partial charge in [-0.15, -0.1) is 0 Å². The number of unbranched alkanes of at least 4 members (excludes halogenated alkanes) is 2. The van der Waals surface area contributed by atoms with Crippen molar-refractivity contribution in [3.8, 4) is 0 Å². The Kier molecular flexibility index (Phi) is 11.5. The summed E-state index contributed by atoms with van der Waals surface area (Å²) >= 11 is 0. The predicted octanol–water partition coefficient (Wildman–Crippen LogP) is 4.53. The lowest BCUT2D eigenvalue weighted by Crippen LogP contribution is -2.26. The molecule has 23 heavy (non-hydrogen) atoms. The number of rotatable bonds is 14. The van der Waals surface area contributed by atoms with Gasteiger partial charge in [-0.1, -0.05) is 39.8 Å². The topological polar surface area (TPSA) is 55.8 Å². The average Bonchev–Trinajstić information content (AvgIpc) is 2.53. The van der Waals surface area contributed by atoms with Crippen LogP contribution in [0.3, 0.4) is 0 Å². The molecule has 134 valence electrons. The highest BCUT2D eigenvalue weighted by Gasteiger charge is 2.21. The number of allylic oxidation sites excluding steroid dienone is 1. The van der Waals surface area contributed by atoms with Crippen molar-refractivity contribution in [1.29, 1.82) is 0 Å². The molecule has 0 aromatic carbocycles. The normalized spacial score (nSPS) is 12.5. The van der Waals surface area contributed by atoms with E-state index in [4.69, 9.17) is 9.47 Å². The Morgan fingerprint density at radius 3 is 2.48 bits per heavy atom. The van der Waals surface area contributed by atoms with Gasteiger partial charge in [-0.25, -0.2) is 0 Å². The molecule has 1 N–H and O–H groups in total. The SMILES string of the molecule is C=CC(=C)OCCC(C)OC(=O)CCCCCC(O)(CC)CC. The minimum Gasteiger partial charge on any atom is -0.494 e. The van der Waals surface area contributed by atoms with Gasteiger partial charge in [0, 0.05) is 12.8 Å².